The van der Waals surface area contributed by atoms with Crippen LogP contribution in [0.15, 0.2) is 23.0 Å². The van der Waals surface area contributed by atoms with Gasteiger partial charge in [-0.1, -0.05) is 34.6 Å². The summed E-state index contributed by atoms with van der Waals surface area (Å²) < 4.78 is 36.0. The number of aliphatic hydroxyl groups is 1. The molecule has 41 heavy (non-hydrogen) atoms. The van der Waals surface area contributed by atoms with Crippen molar-refractivity contribution < 1.29 is 47.6 Å². The molecule has 12 atom stereocenters. The van der Waals surface area contributed by atoms with Gasteiger partial charge in [0.15, 0.2) is 5.79 Å². The molecule has 1 aromatic heterocycles. The van der Waals surface area contributed by atoms with Crippen LogP contribution in [0, 0.1) is 45.8 Å². The second-order valence-electron chi connectivity index (χ2n) is 14.3. The van der Waals surface area contributed by atoms with E-state index in [0.717, 1.165) is 5.56 Å². The molecule has 3 aliphatic carbocycles. The van der Waals surface area contributed by atoms with Gasteiger partial charge in [-0.25, -0.2) is 0 Å². The van der Waals surface area contributed by atoms with E-state index < -0.39 is 63.8 Å². The molecule has 1 N–H and O–H groups in total. The van der Waals surface area contributed by atoms with Gasteiger partial charge in [-0.3, -0.25) is 14.4 Å². The molecule has 4 bridgehead atoms. The maximum Gasteiger partial charge on any atom is 0.308 e. The maximum absolute atomic E-state index is 13.2. The lowest BCUT2D eigenvalue weighted by Crippen LogP contribution is -2.83. The van der Waals surface area contributed by atoms with Crippen molar-refractivity contribution in [3.05, 3.63) is 24.2 Å². The zero-order valence-electron chi connectivity index (χ0n) is 24.5. The number of methoxy groups -OCH3 is 1. The van der Waals surface area contributed by atoms with Crippen LogP contribution in [0.4, 0.5) is 0 Å². The van der Waals surface area contributed by atoms with Crippen LogP contribution >= 0.6 is 0 Å². The molecule has 4 aliphatic heterocycles. The molecule has 10 nitrogen and oxygen atoms in total. The molecule has 7 fully saturated rings. The van der Waals surface area contributed by atoms with Crippen LogP contribution in [-0.4, -0.2) is 60.3 Å². The van der Waals surface area contributed by atoms with E-state index in [1.54, 1.807) is 26.4 Å². The number of furan rings is 1. The average Bonchev–Trinajstić information content (AvgIpc) is 3.37. The lowest BCUT2D eigenvalue weighted by Gasteiger charge is -2.74. The van der Waals surface area contributed by atoms with E-state index in [1.165, 1.54) is 7.11 Å². The Balaban J connectivity index is 1.39. The third-order valence-corrected chi connectivity index (χ3v) is 12.3. The van der Waals surface area contributed by atoms with E-state index in [2.05, 4.69) is 6.92 Å². The highest BCUT2D eigenvalue weighted by Gasteiger charge is 2.91. The fourth-order valence-corrected chi connectivity index (χ4v) is 10.4. The summed E-state index contributed by atoms with van der Waals surface area (Å²) in [5, 5.41) is 12.6. The van der Waals surface area contributed by atoms with Crippen LogP contribution in [0.3, 0.4) is 0 Å². The summed E-state index contributed by atoms with van der Waals surface area (Å²) in [6, 6.07) is 1.83. The zero-order chi connectivity index (χ0) is 29.3. The Hall–Kier alpha value is -2.43. The first-order chi connectivity index (χ1) is 19.3. The first kappa shape index (κ1) is 27.4. The largest absolute Gasteiger partial charge is 0.472 e. The molecule has 3 saturated carbocycles. The van der Waals surface area contributed by atoms with Crippen LogP contribution in [0.1, 0.15) is 72.0 Å². The first-order valence-electron chi connectivity index (χ1n) is 14.8. The molecule has 1 spiro atoms. The average molecular weight is 573 g/mol. The van der Waals surface area contributed by atoms with Gasteiger partial charge < -0.3 is 33.2 Å². The van der Waals surface area contributed by atoms with E-state index in [-0.39, 0.29) is 49.1 Å². The molecular formula is C31H40O10. The van der Waals surface area contributed by atoms with E-state index in [4.69, 9.17) is 28.1 Å². The third-order valence-electron chi connectivity index (χ3n) is 12.3. The van der Waals surface area contributed by atoms with Crippen LogP contribution in [0.25, 0.3) is 0 Å². The molecule has 0 radical (unpaired) electrons. The van der Waals surface area contributed by atoms with E-state index in [9.17, 15) is 19.5 Å². The third kappa shape index (κ3) is 3.11. The highest BCUT2D eigenvalue weighted by Crippen LogP contribution is 2.82. The van der Waals surface area contributed by atoms with E-state index in [1.807, 2.05) is 19.9 Å². The minimum atomic E-state index is -1.70. The normalized spacial score (nSPS) is 50.7. The summed E-state index contributed by atoms with van der Waals surface area (Å²) >= 11 is 0. The molecule has 0 amide bonds. The van der Waals surface area contributed by atoms with Crippen LogP contribution in [-0.2, 0) is 38.1 Å². The van der Waals surface area contributed by atoms with Crippen molar-refractivity contribution in [2.24, 2.45) is 45.8 Å². The highest BCUT2D eigenvalue weighted by atomic mass is 16.7. The SMILES string of the molecule is COC(=O)CC1C2(C)COC3(O)C(C2OC(=O)C(C)C)C2OC24C2CC(=O)OC(c5ccoc5)C2(C)CCC4C13C. The number of ether oxygens (including phenoxy) is 5. The summed E-state index contributed by atoms with van der Waals surface area (Å²) in [6.07, 6.45) is 3.07. The Bertz CT molecular complexity index is 1290. The van der Waals surface area contributed by atoms with Gasteiger partial charge in [-0.05, 0) is 24.8 Å². The number of epoxide rings is 1. The van der Waals surface area contributed by atoms with Crippen LogP contribution < -0.4 is 0 Å². The predicted octanol–water partition coefficient (Wildman–Crippen LogP) is 3.56. The molecule has 5 heterocycles. The number of hydrogen-bond donors (Lipinski definition) is 1. The Morgan fingerprint density at radius 2 is 1.93 bits per heavy atom. The summed E-state index contributed by atoms with van der Waals surface area (Å²) in [5.74, 6) is -4.72. The molecule has 4 saturated heterocycles. The molecule has 12 unspecified atom stereocenters. The summed E-state index contributed by atoms with van der Waals surface area (Å²) in [6.45, 7) is 9.84. The highest BCUT2D eigenvalue weighted by molar-refractivity contribution is 5.73. The second-order valence-corrected chi connectivity index (χ2v) is 14.3. The number of carbonyl (C=O) groups excluding carboxylic acids is 3. The number of hydrogen-bond acceptors (Lipinski definition) is 10. The van der Waals surface area contributed by atoms with Crippen LogP contribution in [0.2, 0.25) is 0 Å². The van der Waals surface area contributed by atoms with Crippen molar-refractivity contribution in [2.45, 2.75) is 90.0 Å². The van der Waals surface area contributed by atoms with Crippen molar-refractivity contribution in [1.82, 2.24) is 0 Å². The minimum Gasteiger partial charge on any atom is -0.472 e. The lowest BCUT2D eigenvalue weighted by atomic mass is 9.34. The number of esters is 3. The molecule has 7 aliphatic rings. The molecule has 0 aromatic carbocycles. The standard InChI is InChI=1S/C31H40O10/c1-15(2)26(34)40-24-22-25-30(41-25)17(29(5)18(11-20(32)36-6)28(24,4)14-38-31(22,29)35)7-9-27(3)19(30)12-21(33)39-23(27)16-8-10-37-13-16/h8,10,13,15,17-19,22-25,35H,7,9,11-12,14H2,1-6H3. The van der Waals surface area contributed by atoms with Crippen molar-refractivity contribution in [2.75, 3.05) is 13.7 Å². The fourth-order valence-electron chi connectivity index (χ4n) is 10.4. The molecule has 8 rings (SSSR count). The molecule has 10 heteroatoms. The molecular weight excluding hydrogens is 532 g/mol. The van der Waals surface area contributed by atoms with Crippen molar-refractivity contribution in [3.8, 4) is 0 Å². The van der Waals surface area contributed by atoms with Crippen LogP contribution in [0.5, 0.6) is 0 Å². The first-order valence-corrected chi connectivity index (χ1v) is 14.8. The number of carbonyl (C=O) groups is 3. The molecule has 224 valence electrons. The van der Waals surface area contributed by atoms with Crippen molar-refractivity contribution in [3.63, 3.8) is 0 Å². The van der Waals surface area contributed by atoms with Crippen molar-refractivity contribution >= 4 is 17.9 Å². The monoisotopic (exact) mass is 572 g/mol. The van der Waals surface area contributed by atoms with E-state index in [0.29, 0.717) is 12.8 Å². The Kier molecular flexibility index (Phi) is 5.58. The summed E-state index contributed by atoms with van der Waals surface area (Å²) in [4.78, 5) is 39.2. The predicted molar refractivity (Wildman–Crippen MR) is 140 cm³/mol. The Labute approximate surface area is 239 Å². The van der Waals surface area contributed by atoms with Crippen molar-refractivity contribution in [1.29, 1.82) is 0 Å². The number of cyclic esters (lactones) is 1. The topological polar surface area (TPSA) is 134 Å². The number of rotatable bonds is 5. The van der Waals surface area contributed by atoms with Gasteiger partial charge in [0.25, 0.3) is 0 Å². The number of fused-ring (bicyclic) bond motifs is 2. The van der Waals surface area contributed by atoms with Gasteiger partial charge >= 0.3 is 17.9 Å². The van der Waals surface area contributed by atoms with Gasteiger partial charge in [0.2, 0.25) is 0 Å². The minimum absolute atomic E-state index is 0.0382. The Morgan fingerprint density at radius 1 is 1.17 bits per heavy atom. The fraction of sp³-hybridized carbons (Fsp3) is 0.774. The van der Waals surface area contributed by atoms with Gasteiger partial charge in [-0.15, -0.1) is 0 Å². The smallest absolute Gasteiger partial charge is 0.308 e. The van der Waals surface area contributed by atoms with E-state index >= 15 is 0 Å². The lowest BCUT2D eigenvalue weighted by molar-refractivity contribution is -0.446. The zero-order valence-corrected chi connectivity index (χ0v) is 24.5. The summed E-state index contributed by atoms with van der Waals surface area (Å²) in [7, 11) is 1.36. The quantitative estimate of drug-likeness (QED) is 0.317. The summed E-state index contributed by atoms with van der Waals surface area (Å²) in [5.41, 5.74) is -2.15. The van der Waals surface area contributed by atoms with Gasteiger partial charge in [0, 0.05) is 40.1 Å². The van der Waals surface area contributed by atoms with Gasteiger partial charge in [0.05, 0.1) is 50.6 Å². The Morgan fingerprint density at radius 3 is 2.59 bits per heavy atom. The maximum atomic E-state index is 13.2. The molecule has 1 aromatic rings. The van der Waals surface area contributed by atoms with Gasteiger partial charge in [-0.2, -0.15) is 0 Å². The second kappa shape index (κ2) is 8.35. The van der Waals surface area contributed by atoms with Gasteiger partial charge in [0.1, 0.15) is 17.8 Å².